The molecular formula is C28H22BO2. The summed E-state index contributed by atoms with van der Waals surface area (Å²) in [5.74, 6) is 1.44. The van der Waals surface area contributed by atoms with E-state index in [1.807, 2.05) is 84.9 Å². The summed E-state index contributed by atoms with van der Waals surface area (Å²) in [6.45, 7) is 0. The van der Waals surface area contributed by atoms with Gasteiger partial charge >= 0.3 is 7.69 Å². The molecule has 3 heteroatoms. The molecule has 4 aromatic rings. The Morgan fingerprint density at radius 3 is 1.06 bits per heavy atom. The summed E-state index contributed by atoms with van der Waals surface area (Å²) in [7, 11) is 1.35. The van der Waals surface area contributed by atoms with Crippen LogP contribution >= 0.6 is 0 Å². The standard InChI is InChI=1S/C28H22BO2/c1-3-7-23(8-4-1)11-13-25-15-19-27(20-16-25)30-29-31-28-21-17-26(18-22-28)14-12-24-9-5-2-6-10-24/h1-22H. The first-order valence-electron chi connectivity index (χ1n) is 10.2. The van der Waals surface area contributed by atoms with Gasteiger partial charge in [0.15, 0.2) is 0 Å². The van der Waals surface area contributed by atoms with Gasteiger partial charge in [-0.15, -0.1) is 0 Å². The zero-order valence-electron chi connectivity index (χ0n) is 17.1. The van der Waals surface area contributed by atoms with Gasteiger partial charge in [-0.2, -0.15) is 0 Å². The maximum Gasteiger partial charge on any atom is 0.658 e. The van der Waals surface area contributed by atoms with Crippen LogP contribution in [0.5, 0.6) is 11.5 Å². The molecule has 0 unspecified atom stereocenters. The van der Waals surface area contributed by atoms with Crippen molar-refractivity contribution in [1.82, 2.24) is 0 Å². The predicted molar refractivity (Wildman–Crippen MR) is 131 cm³/mol. The molecule has 0 N–H and O–H groups in total. The van der Waals surface area contributed by atoms with Crippen molar-refractivity contribution >= 4 is 32.0 Å². The van der Waals surface area contributed by atoms with Crippen LogP contribution < -0.4 is 9.31 Å². The van der Waals surface area contributed by atoms with E-state index in [1.54, 1.807) is 0 Å². The second-order valence-corrected chi connectivity index (χ2v) is 6.96. The zero-order valence-corrected chi connectivity index (χ0v) is 17.1. The van der Waals surface area contributed by atoms with Crippen LogP contribution in [0.1, 0.15) is 22.3 Å². The van der Waals surface area contributed by atoms with Crippen molar-refractivity contribution in [3.63, 3.8) is 0 Å². The maximum atomic E-state index is 5.58. The van der Waals surface area contributed by atoms with Crippen molar-refractivity contribution in [3.05, 3.63) is 131 Å². The van der Waals surface area contributed by atoms with Crippen molar-refractivity contribution in [2.24, 2.45) is 0 Å². The van der Waals surface area contributed by atoms with Crippen molar-refractivity contribution < 1.29 is 9.31 Å². The largest absolute Gasteiger partial charge is 0.658 e. The lowest BCUT2D eigenvalue weighted by molar-refractivity contribution is 0.459. The highest BCUT2D eigenvalue weighted by Gasteiger charge is 2.02. The quantitative estimate of drug-likeness (QED) is 0.233. The minimum Gasteiger partial charge on any atom is -0.526 e. The predicted octanol–water partition coefficient (Wildman–Crippen LogP) is 7.02. The second-order valence-electron chi connectivity index (χ2n) is 6.96. The molecule has 0 aromatic heterocycles. The smallest absolute Gasteiger partial charge is 0.526 e. The third kappa shape index (κ3) is 6.51. The Hall–Kier alpha value is -3.98. The number of rotatable bonds is 8. The van der Waals surface area contributed by atoms with E-state index >= 15 is 0 Å². The first-order chi connectivity index (χ1) is 15.3. The molecule has 31 heavy (non-hydrogen) atoms. The van der Waals surface area contributed by atoms with Crippen molar-refractivity contribution in [2.45, 2.75) is 0 Å². The third-order valence-corrected chi connectivity index (χ3v) is 4.66. The fraction of sp³-hybridized carbons (Fsp3) is 0. The van der Waals surface area contributed by atoms with Crippen LogP contribution in [0.15, 0.2) is 109 Å². The van der Waals surface area contributed by atoms with Gasteiger partial charge in [0.05, 0.1) is 0 Å². The molecule has 4 aromatic carbocycles. The Morgan fingerprint density at radius 1 is 0.387 bits per heavy atom. The van der Waals surface area contributed by atoms with Gasteiger partial charge in [-0.1, -0.05) is 109 Å². The first kappa shape index (κ1) is 20.3. The van der Waals surface area contributed by atoms with Gasteiger partial charge in [0.2, 0.25) is 0 Å². The lowest BCUT2D eigenvalue weighted by Gasteiger charge is -2.07. The summed E-state index contributed by atoms with van der Waals surface area (Å²) >= 11 is 0. The van der Waals surface area contributed by atoms with E-state index in [2.05, 4.69) is 48.6 Å². The van der Waals surface area contributed by atoms with E-state index in [4.69, 9.17) is 9.31 Å². The summed E-state index contributed by atoms with van der Waals surface area (Å²) in [5, 5.41) is 0. The van der Waals surface area contributed by atoms with Gasteiger partial charge in [0.1, 0.15) is 11.5 Å². The first-order valence-corrected chi connectivity index (χ1v) is 10.2. The molecule has 1 radical (unpaired) electrons. The van der Waals surface area contributed by atoms with E-state index in [-0.39, 0.29) is 0 Å². The molecule has 2 nitrogen and oxygen atoms in total. The Morgan fingerprint density at radius 2 is 0.710 bits per heavy atom. The molecule has 4 rings (SSSR count). The zero-order chi connectivity index (χ0) is 21.1. The number of hydrogen-bond donors (Lipinski definition) is 0. The van der Waals surface area contributed by atoms with Gasteiger partial charge in [0, 0.05) is 0 Å². The molecule has 0 atom stereocenters. The summed E-state index contributed by atoms with van der Waals surface area (Å²) in [6, 6.07) is 36.2. The maximum absolute atomic E-state index is 5.58. The van der Waals surface area contributed by atoms with Crippen LogP contribution in [0.2, 0.25) is 0 Å². The van der Waals surface area contributed by atoms with Crippen LogP contribution in [-0.4, -0.2) is 7.69 Å². The van der Waals surface area contributed by atoms with E-state index in [0.29, 0.717) is 0 Å². The molecule has 0 fully saturated rings. The van der Waals surface area contributed by atoms with Gasteiger partial charge < -0.3 is 9.31 Å². The van der Waals surface area contributed by atoms with Crippen molar-refractivity contribution in [3.8, 4) is 11.5 Å². The summed E-state index contributed by atoms with van der Waals surface area (Å²) in [5.41, 5.74) is 4.56. The molecule has 0 heterocycles. The molecule has 0 saturated heterocycles. The summed E-state index contributed by atoms with van der Waals surface area (Å²) < 4.78 is 11.2. The van der Waals surface area contributed by atoms with Gasteiger partial charge in [-0.3, -0.25) is 0 Å². The lowest BCUT2D eigenvalue weighted by atomic mass is 10.1. The highest BCUT2D eigenvalue weighted by Crippen LogP contribution is 2.17. The van der Waals surface area contributed by atoms with Gasteiger partial charge in [0.25, 0.3) is 0 Å². The Bertz CT molecular complexity index is 1020. The van der Waals surface area contributed by atoms with Crippen molar-refractivity contribution in [1.29, 1.82) is 0 Å². The van der Waals surface area contributed by atoms with Gasteiger partial charge in [-0.25, -0.2) is 0 Å². The molecule has 0 aliphatic rings. The molecular weight excluding hydrogens is 379 g/mol. The molecule has 0 aliphatic heterocycles. The topological polar surface area (TPSA) is 18.5 Å². The van der Waals surface area contributed by atoms with Crippen LogP contribution in [-0.2, 0) is 0 Å². The fourth-order valence-electron chi connectivity index (χ4n) is 2.96. The van der Waals surface area contributed by atoms with E-state index in [9.17, 15) is 0 Å². The minimum atomic E-state index is 0.722. The van der Waals surface area contributed by atoms with Gasteiger partial charge in [-0.05, 0) is 46.5 Å². The SMILES string of the molecule is [B](Oc1ccc(C=Cc2ccccc2)cc1)Oc1ccc(C=Cc2ccccc2)cc1. The van der Waals surface area contributed by atoms with Crippen molar-refractivity contribution in [2.75, 3.05) is 0 Å². The molecule has 149 valence electrons. The molecule has 0 bridgehead atoms. The molecule has 0 aliphatic carbocycles. The lowest BCUT2D eigenvalue weighted by Crippen LogP contribution is -2.10. The Labute approximate surface area is 184 Å². The fourth-order valence-corrected chi connectivity index (χ4v) is 2.96. The number of benzene rings is 4. The van der Waals surface area contributed by atoms with Crippen LogP contribution in [0.3, 0.4) is 0 Å². The summed E-state index contributed by atoms with van der Waals surface area (Å²) in [4.78, 5) is 0. The highest BCUT2D eigenvalue weighted by molar-refractivity contribution is 6.20. The van der Waals surface area contributed by atoms with E-state index in [1.165, 1.54) is 18.8 Å². The average Bonchev–Trinajstić information content (AvgIpc) is 2.84. The summed E-state index contributed by atoms with van der Waals surface area (Å²) in [6.07, 6.45) is 8.33. The Balaban J connectivity index is 1.24. The van der Waals surface area contributed by atoms with Crippen LogP contribution in [0, 0.1) is 0 Å². The van der Waals surface area contributed by atoms with Crippen LogP contribution in [0.4, 0.5) is 0 Å². The third-order valence-electron chi connectivity index (χ3n) is 4.66. The van der Waals surface area contributed by atoms with E-state index < -0.39 is 0 Å². The second kappa shape index (κ2) is 10.7. The molecule has 0 spiro atoms. The molecule has 0 saturated carbocycles. The normalized spacial score (nSPS) is 11.0. The average molecular weight is 401 g/mol. The molecule has 0 amide bonds. The monoisotopic (exact) mass is 401 g/mol. The number of hydrogen-bond acceptors (Lipinski definition) is 2. The van der Waals surface area contributed by atoms with Crippen LogP contribution in [0.25, 0.3) is 24.3 Å². The minimum absolute atomic E-state index is 0.722. The van der Waals surface area contributed by atoms with E-state index in [0.717, 1.165) is 22.6 Å². The Kier molecular flexibility index (Phi) is 7.01. The highest BCUT2D eigenvalue weighted by atomic mass is 16.6.